The fourth-order valence-electron chi connectivity index (χ4n) is 1.12. The van der Waals surface area contributed by atoms with Gasteiger partial charge in [-0.2, -0.15) is 0 Å². The first-order valence-corrected chi connectivity index (χ1v) is 10.3. The van der Waals surface area contributed by atoms with Gasteiger partial charge in [0.1, 0.15) is 0 Å². The Kier molecular flexibility index (Phi) is 18.0. The van der Waals surface area contributed by atoms with E-state index in [-0.39, 0.29) is 13.2 Å². The molecule has 4 N–H and O–H groups in total. The molecule has 0 aromatic rings. The third-order valence-electron chi connectivity index (χ3n) is 2.96. The Balaban J connectivity index is 0. The molecule has 0 aromatic heterocycles. The summed E-state index contributed by atoms with van der Waals surface area (Å²) in [6.45, 7) is 8.71. The van der Waals surface area contributed by atoms with Crippen molar-refractivity contribution in [1.82, 2.24) is 0 Å². The van der Waals surface area contributed by atoms with Crippen molar-refractivity contribution >= 4 is 7.82 Å². The number of phosphoric ester groups is 1. The van der Waals surface area contributed by atoms with E-state index in [0.29, 0.717) is 19.8 Å². The predicted molar refractivity (Wildman–Crippen MR) is 97.0 cm³/mol. The molecule has 0 radical (unpaired) electrons. The number of nitrogens with two attached hydrogens (primary N) is 1. The lowest BCUT2D eigenvalue weighted by molar-refractivity contribution is 0.110. The first-order chi connectivity index (χ1) is 11.3. The van der Waals surface area contributed by atoms with Gasteiger partial charge in [-0.05, 0) is 26.2 Å². The molecule has 0 aliphatic rings. The third-order valence-corrected chi connectivity index (χ3v) is 4.46. The van der Waals surface area contributed by atoms with Crippen LogP contribution < -0.4 is 5.73 Å². The fraction of sp³-hybridized carbons (Fsp3) is 1.00. The molecule has 0 spiro atoms. The molecule has 0 fully saturated rings. The number of hydrogen-bond acceptors (Lipinski definition) is 7. The van der Waals surface area contributed by atoms with E-state index in [9.17, 15) is 4.57 Å². The number of hydrogen-bond donors (Lipinski definition) is 3. The molecule has 24 heavy (non-hydrogen) atoms. The van der Waals surface area contributed by atoms with Crippen molar-refractivity contribution in [2.24, 2.45) is 5.73 Å². The zero-order valence-electron chi connectivity index (χ0n) is 15.8. The normalized spacial score (nSPS) is 12.0. The van der Waals surface area contributed by atoms with Crippen LogP contribution in [0.3, 0.4) is 0 Å². The summed E-state index contributed by atoms with van der Waals surface area (Å²) in [6.07, 6.45) is 5.63. The highest BCUT2D eigenvalue weighted by atomic mass is 31.2. The molecule has 0 heterocycles. The molecule has 148 valence electrons. The third kappa shape index (κ3) is 16.8. The Morgan fingerprint density at radius 3 is 1.29 bits per heavy atom. The largest absolute Gasteiger partial charge is 0.474 e. The molecule has 0 bridgehead atoms. The van der Waals surface area contributed by atoms with Crippen molar-refractivity contribution in [3.8, 4) is 0 Å². The summed E-state index contributed by atoms with van der Waals surface area (Å²) < 4.78 is 28.0. The van der Waals surface area contributed by atoms with Gasteiger partial charge in [0.15, 0.2) is 0 Å². The van der Waals surface area contributed by atoms with Gasteiger partial charge in [-0.25, -0.2) is 4.57 Å². The van der Waals surface area contributed by atoms with E-state index >= 15 is 0 Å². The lowest BCUT2D eigenvalue weighted by Gasteiger charge is -2.17. The second-order valence-corrected chi connectivity index (χ2v) is 7.65. The average Bonchev–Trinajstić information content (AvgIpc) is 2.56. The maximum Gasteiger partial charge on any atom is 0.474 e. The summed E-state index contributed by atoms with van der Waals surface area (Å²) in [4.78, 5) is 0. The maximum atomic E-state index is 12.2. The van der Waals surface area contributed by atoms with Crippen molar-refractivity contribution < 1.29 is 28.3 Å². The topological polar surface area (TPSA) is 111 Å². The van der Waals surface area contributed by atoms with Crippen LogP contribution in [-0.4, -0.2) is 48.8 Å². The van der Waals surface area contributed by atoms with Crippen LogP contribution in [0.1, 0.15) is 66.2 Å². The smallest absolute Gasteiger partial charge is 0.394 e. The lowest BCUT2D eigenvalue weighted by Crippen LogP contribution is -2.43. The van der Waals surface area contributed by atoms with Crippen molar-refractivity contribution in [1.29, 1.82) is 0 Å². The van der Waals surface area contributed by atoms with Crippen LogP contribution in [0.15, 0.2) is 0 Å². The minimum atomic E-state index is -3.31. The molecule has 0 amide bonds. The van der Waals surface area contributed by atoms with Crippen molar-refractivity contribution in [2.75, 3.05) is 33.0 Å². The number of aliphatic hydroxyl groups excluding tert-OH is 2. The predicted octanol–water partition coefficient (Wildman–Crippen LogP) is 3.23. The van der Waals surface area contributed by atoms with Crippen LogP contribution >= 0.6 is 7.82 Å². The Labute approximate surface area is 147 Å². The van der Waals surface area contributed by atoms with Crippen molar-refractivity contribution in [3.63, 3.8) is 0 Å². The highest BCUT2D eigenvalue weighted by Crippen LogP contribution is 2.49. The molecule has 7 nitrogen and oxygen atoms in total. The molecule has 0 unspecified atom stereocenters. The van der Waals surface area contributed by atoms with Gasteiger partial charge in [0.2, 0.25) is 0 Å². The molecule has 0 aliphatic heterocycles. The van der Waals surface area contributed by atoms with Crippen LogP contribution in [-0.2, 0) is 18.1 Å². The Hall–Kier alpha value is -0.0100. The highest BCUT2D eigenvalue weighted by Gasteiger charge is 2.25. The molecule has 0 aliphatic carbocycles. The number of aliphatic hydroxyl groups is 2. The Morgan fingerprint density at radius 1 is 0.833 bits per heavy atom. The van der Waals surface area contributed by atoms with Gasteiger partial charge in [-0.3, -0.25) is 13.6 Å². The van der Waals surface area contributed by atoms with Gasteiger partial charge in [-0.1, -0.05) is 40.0 Å². The van der Waals surface area contributed by atoms with Crippen LogP contribution in [0.4, 0.5) is 0 Å². The van der Waals surface area contributed by atoms with E-state index in [0.717, 1.165) is 38.5 Å². The summed E-state index contributed by atoms with van der Waals surface area (Å²) >= 11 is 0. The standard InChI is InChI=1S/C12H27O4P.C4H11NO2/c1-4-7-10-14-17(13,15-11-8-5-2)16-12-9-6-3;1-4(5,2-6)3-7/h4-12H2,1-3H3;6-7H,2-3,5H2,1H3. The minimum absolute atomic E-state index is 0.177. The van der Waals surface area contributed by atoms with Gasteiger partial charge in [0.05, 0.1) is 38.6 Å². The molecule has 0 saturated heterocycles. The van der Waals surface area contributed by atoms with E-state index in [2.05, 4.69) is 20.8 Å². The quantitative estimate of drug-likeness (QED) is 0.317. The SMILES string of the molecule is CC(N)(CO)CO.CCCCOP(=O)(OCCCC)OCCCC. The Morgan fingerprint density at radius 2 is 1.12 bits per heavy atom. The van der Waals surface area contributed by atoms with Gasteiger partial charge < -0.3 is 15.9 Å². The number of rotatable bonds is 14. The molecule has 0 rings (SSSR count). The summed E-state index contributed by atoms with van der Waals surface area (Å²) in [6, 6.07) is 0. The van der Waals surface area contributed by atoms with Gasteiger partial charge in [-0.15, -0.1) is 0 Å². The summed E-state index contributed by atoms with van der Waals surface area (Å²) in [5.74, 6) is 0. The monoisotopic (exact) mass is 371 g/mol. The molecule has 0 aromatic carbocycles. The van der Waals surface area contributed by atoms with E-state index in [1.165, 1.54) is 0 Å². The van der Waals surface area contributed by atoms with E-state index in [4.69, 9.17) is 29.5 Å². The van der Waals surface area contributed by atoms with E-state index in [1.54, 1.807) is 6.92 Å². The molecule has 0 saturated carbocycles. The molecular weight excluding hydrogens is 333 g/mol. The summed E-state index contributed by atoms with van der Waals surface area (Å²) in [7, 11) is -3.31. The maximum absolute atomic E-state index is 12.2. The second kappa shape index (κ2) is 16.5. The zero-order valence-corrected chi connectivity index (χ0v) is 16.7. The van der Waals surface area contributed by atoms with Crippen molar-refractivity contribution in [3.05, 3.63) is 0 Å². The minimum Gasteiger partial charge on any atom is -0.394 e. The fourth-order valence-corrected chi connectivity index (χ4v) is 2.41. The second-order valence-electron chi connectivity index (χ2n) is 5.98. The van der Waals surface area contributed by atoms with Crippen LogP contribution in [0.2, 0.25) is 0 Å². The van der Waals surface area contributed by atoms with Crippen molar-refractivity contribution in [2.45, 2.75) is 71.8 Å². The first-order valence-electron chi connectivity index (χ1n) is 8.85. The summed E-state index contributed by atoms with van der Waals surface area (Å²) in [5.41, 5.74) is 4.41. The molecular formula is C16H38NO6P. The first kappa shape index (κ1) is 26.2. The molecule has 0 atom stereocenters. The van der Waals surface area contributed by atoms with Gasteiger partial charge >= 0.3 is 7.82 Å². The van der Waals surface area contributed by atoms with Crippen LogP contribution in [0.25, 0.3) is 0 Å². The van der Waals surface area contributed by atoms with E-state index in [1.807, 2.05) is 0 Å². The van der Waals surface area contributed by atoms with Crippen LogP contribution in [0, 0.1) is 0 Å². The number of phosphoric acid groups is 1. The Bertz CT molecular complexity index is 276. The highest BCUT2D eigenvalue weighted by molar-refractivity contribution is 7.48. The van der Waals surface area contributed by atoms with E-state index < -0.39 is 13.4 Å². The molecule has 8 heteroatoms. The zero-order chi connectivity index (χ0) is 18.9. The summed E-state index contributed by atoms with van der Waals surface area (Å²) in [5, 5.41) is 16.6. The van der Waals surface area contributed by atoms with Gasteiger partial charge in [0, 0.05) is 0 Å². The average molecular weight is 371 g/mol. The number of unbranched alkanes of at least 4 members (excludes halogenated alkanes) is 3. The van der Waals surface area contributed by atoms with Crippen LogP contribution in [0.5, 0.6) is 0 Å². The van der Waals surface area contributed by atoms with Gasteiger partial charge in [0.25, 0.3) is 0 Å². The lowest BCUT2D eigenvalue weighted by atomic mass is 10.1.